The van der Waals surface area contributed by atoms with Crippen LogP contribution in [0.3, 0.4) is 0 Å². The standard InChI is InChI=1S/C21H24N4O2/c1-17(26)24-20-5-2-19(3-6-20)15-27-21(14-25-13-12-23-16-25)7-4-18-8-10-22-11-9-18/h2-3,5-6,8-13,16,21H,4,7,14-15H2,1H3,(H,24,26). The van der Waals surface area contributed by atoms with Gasteiger partial charge in [0.2, 0.25) is 5.91 Å². The molecule has 0 radical (unpaired) electrons. The van der Waals surface area contributed by atoms with Crippen molar-refractivity contribution in [3.05, 3.63) is 78.6 Å². The Labute approximate surface area is 159 Å². The summed E-state index contributed by atoms with van der Waals surface area (Å²) < 4.78 is 8.23. The van der Waals surface area contributed by atoms with Gasteiger partial charge in [-0.2, -0.15) is 0 Å². The van der Waals surface area contributed by atoms with E-state index in [1.165, 1.54) is 12.5 Å². The molecular formula is C21H24N4O2. The highest BCUT2D eigenvalue weighted by Gasteiger charge is 2.11. The molecule has 2 aromatic heterocycles. The van der Waals surface area contributed by atoms with Crippen LogP contribution in [0.2, 0.25) is 0 Å². The number of imidazole rings is 1. The molecule has 0 aliphatic rings. The number of hydrogen-bond acceptors (Lipinski definition) is 4. The summed E-state index contributed by atoms with van der Waals surface area (Å²) in [6.45, 7) is 2.78. The molecule has 0 aliphatic heterocycles. The van der Waals surface area contributed by atoms with Gasteiger partial charge in [0, 0.05) is 43.9 Å². The smallest absolute Gasteiger partial charge is 0.221 e. The third kappa shape index (κ3) is 6.34. The molecule has 0 saturated carbocycles. The van der Waals surface area contributed by atoms with Gasteiger partial charge in [-0.05, 0) is 48.2 Å². The maximum absolute atomic E-state index is 11.1. The Bertz CT molecular complexity index is 817. The summed E-state index contributed by atoms with van der Waals surface area (Å²) in [7, 11) is 0. The fourth-order valence-electron chi connectivity index (χ4n) is 2.84. The van der Waals surface area contributed by atoms with Crippen LogP contribution in [0.15, 0.2) is 67.5 Å². The minimum absolute atomic E-state index is 0.0717. The number of aryl methyl sites for hydroxylation is 1. The van der Waals surface area contributed by atoms with Crippen molar-refractivity contribution < 1.29 is 9.53 Å². The molecule has 1 unspecified atom stereocenters. The normalized spacial score (nSPS) is 11.9. The van der Waals surface area contributed by atoms with Gasteiger partial charge in [-0.1, -0.05) is 12.1 Å². The number of carbonyl (C=O) groups excluding carboxylic acids is 1. The van der Waals surface area contributed by atoms with Gasteiger partial charge < -0.3 is 14.6 Å². The third-order valence-electron chi connectivity index (χ3n) is 4.24. The van der Waals surface area contributed by atoms with Crippen LogP contribution in [0.25, 0.3) is 0 Å². The van der Waals surface area contributed by atoms with Gasteiger partial charge in [-0.25, -0.2) is 4.98 Å². The fraction of sp³-hybridized carbons (Fsp3) is 0.286. The highest BCUT2D eigenvalue weighted by molar-refractivity contribution is 5.88. The van der Waals surface area contributed by atoms with E-state index in [2.05, 4.69) is 15.3 Å². The van der Waals surface area contributed by atoms with E-state index in [1.807, 2.05) is 65.9 Å². The van der Waals surface area contributed by atoms with E-state index in [0.29, 0.717) is 6.61 Å². The second-order valence-electron chi connectivity index (χ2n) is 6.46. The molecule has 6 heteroatoms. The van der Waals surface area contributed by atoms with Crippen LogP contribution in [0.5, 0.6) is 0 Å². The number of amides is 1. The average molecular weight is 364 g/mol. The molecule has 0 saturated heterocycles. The minimum atomic E-state index is -0.0736. The second-order valence-corrected chi connectivity index (χ2v) is 6.46. The van der Waals surface area contributed by atoms with Crippen molar-refractivity contribution in [3.8, 4) is 0 Å². The second kappa shape index (κ2) is 9.64. The Morgan fingerprint density at radius 2 is 1.85 bits per heavy atom. The number of aromatic nitrogens is 3. The first-order chi connectivity index (χ1) is 13.2. The third-order valence-corrected chi connectivity index (χ3v) is 4.24. The molecule has 2 heterocycles. The Balaban J connectivity index is 1.57. The Kier molecular flexibility index (Phi) is 6.71. The van der Waals surface area contributed by atoms with Crippen molar-refractivity contribution in [2.45, 2.75) is 39.0 Å². The number of carbonyl (C=O) groups is 1. The molecule has 3 aromatic rings. The van der Waals surface area contributed by atoms with E-state index in [-0.39, 0.29) is 12.0 Å². The summed E-state index contributed by atoms with van der Waals surface area (Å²) in [6, 6.07) is 11.8. The van der Waals surface area contributed by atoms with Crippen molar-refractivity contribution in [1.82, 2.24) is 14.5 Å². The van der Waals surface area contributed by atoms with Crippen molar-refractivity contribution in [1.29, 1.82) is 0 Å². The van der Waals surface area contributed by atoms with Gasteiger partial charge in [-0.15, -0.1) is 0 Å². The zero-order valence-electron chi connectivity index (χ0n) is 15.4. The zero-order chi connectivity index (χ0) is 18.9. The summed E-state index contributed by atoms with van der Waals surface area (Å²) in [4.78, 5) is 19.3. The molecular weight excluding hydrogens is 340 g/mol. The van der Waals surface area contributed by atoms with Crippen LogP contribution in [-0.2, 0) is 29.1 Å². The molecule has 0 bridgehead atoms. The monoisotopic (exact) mass is 364 g/mol. The number of ether oxygens (including phenoxy) is 1. The van der Waals surface area contributed by atoms with Crippen LogP contribution < -0.4 is 5.32 Å². The van der Waals surface area contributed by atoms with E-state index < -0.39 is 0 Å². The lowest BCUT2D eigenvalue weighted by Gasteiger charge is -2.19. The van der Waals surface area contributed by atoms with Crippen molar-refractivity contribution in [2.24, 2.45) is 0 Å². The van der Waals surface area contributed by atoms with Crippen molar-refractivity contribution in [3.63, 3.8) is 0 Å². The van der Waals surface area contributed by atoms with Crippen LogP contribution in [0.4, 0.5) is 5.69 Å². The number of rotatable bonds is 9. The molecule has 6 nitrogen and oxygen atoms in total. The van der Waals surface area contributed by atoms with Crippen molar-refractivity contribution in [2.75, 3.05) is 5.32 Å². The molecule has 27 heavy (non-hydrogen) atoms. The maximum Gasteiger partial charge on any atom is 0.221 e. The van der Waals surface area contributed by atoms with E-state index in [1.54, 1.807) is 6.20 Å². The van der Waals surface area contributed by atoms with E-state index in [0.717, 1.165) is 30.6 Å². The summed E-state index contributed by atoms with van der Waals surface area (Å²) in [5, 5.41) is 2.77. The highest BCUT2D eigenvalue weighted by atomic mass is 16.5. The van der Waals surface area contributed by atoms with E-state index in [4.69, 9.17) is 4.74 Å². The zero-order valence-corrected chi connectivity index (χ0v) is 15.4. The Morgan fingerprint density at radius 1 is 1.07 bits per heavy atom. The quantitative estimate of drug-likeness (QED) is 0.631. The predicted molar refractivity (Wildman–Crippen MR) is 104 cm³/mol. The summed E-state index contributed by atoms with van der Waals surface area (Å²) in [5.74, 6) is -0.0736. The Morgan fingerprint density at radius 3 is 2.52 bits per heavy atom. The molecule has 1 atom stereocenters. The molecule has 3 rings (SSSR count). The molecule has 1 aromatic carbocycles. The van der Waals surface area contributed by atoms with Crippen LogP contribution >= 0.6 is 0 Å². The van der Waals surface area contributed by atoms with Crippen LogP contribution in [0, 0.1) is 0 Å². The lowest BCUT2D eigenvalue weighted by atomic mass is 10.1. The highest BCUT2D eigenvalue weighted by Crippen LogP contribution is 2.14. The lowest BCUT2D eigenvalue weighted by molar-refractivity contribution is -0.114. The predicted octanol–water partition coefficient (Wildman–Crippen LogP) is 3.45. The summed E-state index contributed by atoms with van der Waals surface area (Å²) in [6.07, 6.45) is 11.1. The first kappa shape index (κ1) is 18.8. The molecule has 140 valence electrons. The molecule has 1 N–H and O–H groups in total. The first-order valence-corrected chi connectivity index (χ1v) is 9.02. The number of nitrogens with one attached hydrogen (secondary N) is 1. The van der Waals surface area contributed by atoms with Gasteiger partial charge in [-0.3, -0.25) is 9.78 Å². The SMILES string of the molecule is CC(=O)Nc1ccc(COC(CCc2ccncc2)Cn2ccnc2)cc1. The van der Waals surface area contributed by atoms with Crippen LogP contribution in [-0.4, -0.2) is 26.5 Å². The fourth-order valence-corrected chi connectivity index (χ4v) is 2.84. The van der Waals surface area contributed by atoms with Crippen molar-refractivity contribution >= 4 is 11.6 Å². The number of hydrogen-bond donors (Lipinski definition) is 1. The maximum atomic E-state index is 11.1. The molecule has 0 spiro atoms. The number of benzene rings is 1. The first-order valence-electron chi connectivity index (χ1n) is 9.02. The van der Waals surface area contributed by atoms with E-state index in [9.17, 15) is 4.79 Å². The number of anilines is 1. The molecule has 0 fully saturated rings. The summed E-state index contributed by atoms with van der Waals surface area (Å²) >= 11 is 0. The van der Waals surface area contributed by atoms with Gasteiger partial charge in [0.05, 0.1) is 19.0 Å². The van der Waals surface area contributed by atoms with Gasteiger partial charge in [0.15, 0.2) is 0 Å². The molecule has 0 aliphatic carbocycles. The van der Waals surface area contributed by atoms with Gasteiger partial charge >= 0.3 is 0 Å². The number of nitrogens with zero attached hydrogens (tertiary/aromatic N) is 3. The van der Waals surface area contributed by atoms with Gasteiger partial charge in [0.25, 0.3) is 0 Å². The largest absolute Gasteiger partial charge is 0.372 e. The number of pyridine rings is 1. The molecule has 1 amide bonds. The minimum Gasteiger partial charge on any atom is -0.372 e. The Hall–Kier alpha value is -2.99. The lowest BCUT2D eigenvalue weighted by Crippen LogP contribution is -2.20. The average Bonchev–Trinajstić information content (AvgIpc) is 3.18. The van der Waals surface area contributed by atoms with Gasteiger partial charge in [0.1, 0.15) is 0 Å². The van der Waals surface area contributed by atoms with Crippen LogP contribution in [0.1, 0.15) is 24.5 Å². The van der Waals surface area contributed by atoms with E-state index >= 15 is 0 Å². The summed E-state index contributed by atoms with van der Waals surface area (Å²) in [5.41, 5.74) is 3.12. The topological polar surface area (TPSA) is 69.0 Å².